The van der Waals surface area contributed by atoms with Crippen molar-refractivity contribution in [2.45, 2.75) is 31.2 Å². The van der Waals surface area contributed by atoms with Crippen LogP contribution in [0.5, 0.6) is 0 Å². The van der Waals surface area contributed by atoms with E-state index in [0.29, 0.717) is 5.82 Å². The Morgan fingerprint density at radius 1 is 1.36 bits per heavy atom. The summed E-state index contributed by atoms with van der Waals surface area (Å²) in [5, 5.41) is 8.85. The number of nitrogens with one attached hydrogen (secondary N) is 3. The van der Waals surface area contributed by atoms with Gasteiger partial charge in [-0.15, -0.1) is 0 Å². The van der Waals surface area contributed by atoms with Gasteiger partial charge in [0.2, 0.25) is 15.9 Å². The maximum Gasteiger partial charge on any atom is 0.244 e. The molecule has 2 aromatic rings. The molecule has 1 aromatic carbocycles. The minimum absolute atomic E-state index is 0.0234. The van der Waals surface area contributed by atoms with Gasteiger partial charge in [0.1, 0.15) is 22.6 Å². The first kappa shape index (κ1) is 19.4. The smallest absolute Gasteiger partial charge is 0.244 e. The summed E-state index contributed by atoms with van der Waals surface area (Å²) in [7, 11) is -4.25. The molecule has 0 unspecified atom stereocenters. The van der Waals surface area contributed by atoms with E-state index in [-0.39, 0.29) is 17.4 Å². The van der Waals surface area contributed by atoms with Crippen LogP contribution in [0.15, 0.2) is 35.4 Å². The molecule has 2 rings (SSSR count). The number of aromatic nitrogens is 2. The number of nitrogens with zero attached hydrogens (tertiary/aromatic N) is 1. The predicted molar refractivity (Wildman–Crippen MR) is 92.2 cm³/mol. The Morgan fingerprint density at radius 2 is 2.08 bits per heavy atom. The Balaban J connectivity index is 2.24. The lowest BCUT2D eigenvalue weighted by Crippen LogP contribution is -2.44. The highest BCUT2D eigenvalue weighted by atomic mass is 35.5. The molecule has 0 saturated carbocycles. The van der Waals surface area contributed by atoms with Crippen molar-refractivity contribution in [3.8, 4) is 0 Å². The molecule has 25 heavy (non-hydrogen) atoms. The fourth-order valence-electron chi connectivity index (χ4n) is 2.17. The first-order valence-electron chi connectivity index (χ1n) is 7.46. The molecule has 0 bridgehead atoms. The summed E-state index contributed by atoms with van der Waals surface area (Å²) in [6, 6.07) is 3.67. The second-order valence-electron chi connectivity index (χ2n) is 5.84. The standard InChI is InChI=1S/C15H18ClFN4O3S/c1-9(2)7-12(15(22)19-14-5-6-18-20-14)21-25(23,24)13-4-3-10(16)8-11(13)17/h3-6,8-9,12,21H,7H2,1-2H3,(H2,18,19,20,22)/t12-/m1/s1. The molecule has 1 heterocycles. The number of hydrogen-bond donors (Lipinski definition) is 3. The number of carbonyl (C=O) groups excluding carboxylic acids is 1. The van der Waals surface area contributed by atoms with Crippen LogP contribution in [0.2, 0.25) is 5.02 Å². The summed E-state index contributed by atoms with van der Waals surface area (Å²) in [6.07, 6.45) is 1.68. The van der Waals surface area contributed by atoms with Gasteiger partial charge >= 0.3 is 0 Å². The Hall–Kier alpha value is -1.97. The third-order valence-corrected chi connectivity index (χ3v) is 5.00. The molecule has 0 fully saturated rings. The van der Waals surface area contributed by atoms with Gasteiger partial charge < -0.3 is 5.32 Å². The van der Waals surface area contributed by atoms with Gasteiger partial charge in [-0.3, -0.25) is 9.89 Å². The maximum absolute atomic E-state index is 13.9. The van der Waals surface area contributed by atoms with Crippen LogP contribution in [0.25, 0.3) is 0 Å². The number of anilines is 1. The van der Waals surface area contributed by atoms with Crippen LogP contribution in [0.3, 0.4) is 0 Å². The maximum atomic E-state index is 13.9. The van der Waals surface area contributed by atoms with E-state index in [9.17, 15) is 17.6 Å². The van der Waals surface area contributed by atoms with Gasteiger partial charge in [-0.05, 0) is 30.5 Å². The highest BCUT2D eigenvalue weighted by Crippen LogP contribution is 2.20. The first-order chi connectivity index (χ1) is 11.7. The average molecular weight is 389 g/mol. The van der Waals surface area contributed by atoms with Crippen molar-refractivity contribution in [3.05, 3.63) is 41.3 Å². The summed E-state index contributed by atoms with van der Waals surface area (Å²) >= 11 is 5.64. The van der Waals surface area contributed by atoms with Crippen molar-refractivity contribution in [1.82, 2.24) is 14.9 Å². The zero-order chi connectivity index (χ0) is 18.6. The van der Waals surface area contributed by atoms with E-state index < -0.39 is 32.7 Å². The lowest BCUT2D eigenvalue weighted by atomic mass is 10.0. The van der Waals surface area contributed by atoms with Gasteiger partial charge in [-0.25, -0.2) is 12.8 Å². The molecule has 7 nitrogen and oxygen atoms in total. The number of rotatable bonds is 7. The van der Waals surface area contributed by atoms with E-state index in [1.807, 2.05) is 13.8 Å². The van der Waals surface area contributed by atoms with E-state index in [2.05, 4.69) is 20.2 Å². The Morgan fingerprint density at radius 3 is 2.64 bits per heavy atom. The zero-order valence-corrected chi connectivity index (χ0v) is 15.2. The summed E-state index contributed by atoms with van der Waals surface area (Å²) in [5.74, 6) is -1.21. The van der Waals surface area contributed by atoms with Crippen LogP contribution in [0, 0.1) is 11.7 Å². The van der Waals surface area contributed by atoms with Gasteiger partial charge in [-0.2, -0.15) is 9.82 Å². The molecule has 0 aliphatic heterocycles. The monoisotopic (exact) mass is 388 g/mol. The molecule has 0 aliphatic rings. The quantitative estimate of drug-likeness (QED) is 0.677. The number of H-pyrrole nitrogens is 1. The number of aromatic amines is 1. The van der Waals surface area contributed by atoms with Crippen molar-refractivity contribution in [1.29, 1.82) is 0 Å². The number of benzene rings is 1. The van der Waals surface area contributed by atoms with Crippen LogP contribution in [-0.4, -0.2) is 30.6 Å². The van der Waals surface area contributed by atoms with Gasteiger partial charge in [0, 0.05) is 11.1 Å². The highest BCUT2D eigenvalue weighted by Gasteiger charge is 2.28. The summed E-state index contributed by atoms with van der Waals surface area (Å²) in [5.41, 5.74) is 0. The van der Waals surface area contributed by atoms with E-state index in [1.165, 1.54) is 18.3 Å². The largest absolute Gasteiger partial charge is 0.310 e. The molecule has 0 radical (unpaired) electrons. The second-order valence-corrected chi connectivity index (χ2v) is 7.96. The van der Waals surface area contributed by atoms with Crippen molar-refractivity contribution >= 4 is 33.3 Å². The summed E-state index contributed by atoms with van der Waals surface area (Å²) in [6.45, 7) is 3.68. The van der Waals surface area contributed by atoms with Crippen LogP contribution in [0.1, 0.15) is 20.3 Å². The lowest BCUT2D eigenvalue weighted by molar-refractivity contribution is -0.118. The lowest BCUT2D eigenvalue weighted by Gasteiger charge is -2.20. The molecule has 10 heteroatoms. The van der Waals surface area contributed by atoms with E-state index in [4.69, 9.17) is 11.6 Å². The average Bonchev–Trinajstić information content (AvgIpc) is 2.98. The van der Waals surface area contributed by atoms with E-state index in [0.717, 1.165) is 12.1 Å². The molecule has 1 atom stereocenters. The minimum Gasteiger partial charge on any atom is -0.310 e. The van der Waals surface area contributed by atoms with Gasteiger partial charge in [0.05, 0.1) is 6.20 Å². The van der Waals surface area contributed by atoms with Gasteiger partial charge in [0.25, 0.3) is 0 Å². The number of sulfonamides is 1. The molecule has 0 saturated heterocycles. The summed E-state index contributed by atoms with van der Waals surface area (Å²) < 4.78 is 41.1. The number of halogens is 2. The SMILES string of the molecule is CC(C)C[C@@H](NS(=O)(=O)c1ccc(Cl)cc1F)C(=O)Nc1ccn[nH]1. The molecule has 3 N–H and O–H groups in total. The fraction of sp³-hybridized carbons (Fsp3) is 0.333. The predicted octanol–water partition coefficient (Wildman–Crippen LogP) is 2.53. The van der Waals surface area contributed by atoms with Crippen molar-refractivity contribution < 1.29 is 17.6 Å². The van der Waals surface area contributed by atoms with Crippen molar-refractivity contribution in [2.75, 3.05) is 5.32 Å². The molecule has 1 amide bonds. The topological polar surface area (TPSA) is 104 Å². The van der Waals surface area contributed by atoms with Gasteiger partial charge in [0.15, 0.2) is 0 Å². The highest BCUT2D eigenvalue weighted by molar-refractivity contribution is 7.89. The molecule has 0 spiro atoms. The molecule has 136 valence electrons. The van der Waals surface area contributed by atoms with E-state index in [1.54, 1.807) is 0 Å². The van der Waals surface area contributed by atoms with Gasteiger partial charge in [-0.1, -0.05) is 25.4 Å². The van der Waals surface area contributed by atoms with Crippen LogP contribution >= 0.6 is 11.6 Å². The minimum atomic E-state index is -4.25. The van der Waals surface area contributed by atoms with E-state index >= 15 is 0 Å². The number of amides is 1. The molecular formula is C15H18ClFN4O3S. The normalized spacial score (nSPS) is 13.0. The molecular weight excluding hydrogens is 371 g/mol. The Bertz CT molecular complexity index is 840. The van der Waals surface area contributed by atoms with Crippen LogP contribution in [-0.2, 0) is 14.8 Å². The molecule has 1 aromatic heterocycles. The van der Waals surface area contributed by atoms with Crippen LogP contribution in [0.4, 0.5) is 10.2 Å². The number of hydrogen-bond acceptors (Lipinski definition) is 4. The summed E-state index contributed by atoms with van der Waals surface area (Å²) in [4.78, 5) is 11.8. The zero-order valence-electron chi connectivity index (χ0n) is 13.6. The molecule has 0 aliphatic carbocycles. The first-order valence-corrected chi connectivity index (χ1v) is 9.33. The van der Waals surface area contributed by atoms with Crippen LogP contribution < -0.4 is 10.0 Å². The third-order valence-electron chi connectivity index (χ3n) is 3.26. The third kappa shape index (κ3) is 5.25. The fourth-order valence-corrected chi connectivity index (χ4v) is 3.60. The second kappa shape index (κ2) is 7.94. The Kier molecular flexibility index (Phi) is 6.15. The number of carbonyl (C=O) groups is 1. The van der Waals surface area contributed by atoms with Crippen molar-refractivity contribution in [3.63, 3.8) is 0 Å². The Labute approximate surface area is 150 Å². The van der Waals surface area contributed by atoms with Crippen molar-refractivity contribution in [2.24, 2.45) is 5.92 Å².